The molecule has 0 unspecified atom stereocenters. The van der Waals surface area contributed by atoms with Crippen LogP contribution in [-0.4, -0.2) is 21.3 Å². The highest BCUT2D eigenvalue weighted by atomic mass is 32.2. The third kappa shape index (κ3) is 3.16. The van der Waals surface area contributed by atoms with E-state index in [-0.39, 0.29) is 4.75 Å². The van der Waals surface area contributed by atoms with Crippen LogP contribution in [0.4, 0.5) is 5.69 Å². The van der Waals surface area contributed by atoms with Crippen molar-refractivity contribution < 1.29 is 0 Å². The van der Waals surface area contributed by atoms with Gasteiger partial charge in [-0.15, -0.1) is 11.3 Å². The molecule has 1 aliphatic rings. The van der Waals surface area contributed by atoms with Crippen LogP contribution in [0.2, 0.25) is 0 Å². The number of thioether (sulfide) groups is 1. The first-order chi connectivity index (χ1) is 11.1. The number of aromatic nitrogens is 1. The minimum atomic E-state index is 0.197. The molecule has 2 aromatic heterocycles. The fourth-order valence-electron chi connectivity index (χ4n) is 2.51. The summed E-state index contributed by atoms with van der Waals surface area (Å²) in [7, 11) is 0. The Kier molecular flexibility index (Phi) is 3.91. The molecular formula is C17H17N3S3. The lowest BCUT2D eigenvalue weighted by molar-refractivity contribution is 0.741. The zero-order chi connectivity index (χ0) is 15.9. The van der Waals surface area contributed by atoms with Gasteiger partial charge in [-0.3, -0.25) is 4.99 Å². The average molecular weight is 360 g/mol. The maximum Gasteiger partial charge on any atom is 0.115 e. The molecule has 0 radical (unpaired) electrons. The number of benzene rings is 1. The van der Waals surface area contributed by atoms with Crippen LogP contribution in [0.15, 0.2) is 51.0 Å². The Hall–Kier alpha value is -1.37. The molecule has 1 aliphatic heterocycles. The number of para-hydroxylation sites is 1. The minimum absolute atomic E-state index is 0.197. The van der Waals surface area contributed by atoms with E-state index < -0.39 is 0 Å². The smallest absolute Gasteiger partial charge is 0.115 e. The lowest BCUT2D eigenvalue weighted by Gasteiger charge is -2.13. The van der Waals surface area contributed by atoms with Crippen molar-refractivity contribution >= 4 is 56.7 Å². The normalized spacial score (nSPS) is 16.7. The van der Waals surface area contributed by atoms with Gasteiger partial charge >= 0.3 is 0 Å². The molecule has 3 nitrogen and oxygen atoms in total. The predicted octanol–water partition coefficient (Wildman–Crippen LogP) is 5.62. The zero-order valence-corrected chi connectivity index (χ0v) is 15.4. The van der Waals surface area contributed by atoms with E-state index >= 15 is 0 Å². The number of nitrogens with zero attached hydrogens (tertiary/aromatic N) is 1. The van der Waals surface area contributed by atoms with Gasteiger partial charge in [0.15, 0.2) is 0 Å². The monoisotopic (exact) mass is 359 g/mol. The Morgan fingerprint density at radius 1 is 1.26 bits per heavy atom. The van der Waals surface area contributed by atoms with Crippen LogP contribution in [0.5, 0.6) is 0 Å². The van der Waals surface area contributed by atoms with E-state index in [1.165, 1.54) is 9.60 Å². The lowest BCUT2D eigenvalue weighted by Crippen LogP contribution is -2.14. The summed E-state index contributed by atoms with van der Waals surface area (Å²) >= 11 is 5.24. The van der Waals surface area contributed by atoms with Crippen molar-refractivity contribution in [2.45, 2.75) is 22.8 Å². The summed E-state index contributed by atoms with van der Waals surface area (Å²) < 4.78 is 4.91. The van der Waals surface area contributed by atoms with Gasteiger partial charge in [0, 0.05) is 10.1 Å². The summed E-state index contributed by atoms with van der Waals surface area (Å²) in [6, 6.07) is 12.7. The molecule has 3 aromatic rings. The van der Waals surface area contributed by atoms with Gasteiger partial charge < -0.3 is 9.71 Å². The topological polar surface area (TPSA) is 40.2 Å². The Morgan fingerprint density at radius 2 is 2.17 bits per heavy atom. The fourth-order valence-corrected chi connectivity index (χ4v) is 4.97. The predicted molar refractivity (Wildman–Crippen MR) is 105 cm³/mol. The second-order valence-corrected chi connectivity index (χ2v) is 9.82. The molecule has 118 valence electrons. The SMILES string of the molecule is CC1(C)CN=C(c2cc3cccc(NSc4cccs4)c3[nH]2)S1. The molecule has 4 rings (SSSR count). The number of nitrogens with one attached hydrogen (secondary N) is 2. The van der Waals surface area contributed by atoms with Crippen LogP contribution in [0.25, 0.3) is 10.9 Å². The summed E-state index contributed by atoms with van der Waals surface area (Å²) in [5, 5.41) is 4.42. The van der Waals surface area contributed by atoms with E-state index in [1.807, 2.05) is 11.8 Å². The van der Waals surface area contributed by atoms with Crippen LogP contribution >= 0.6 is 35.0 Å². The Morgan fingerprint density at radius 3 is 2.91 bits per heavy atom. The number of rotatable bonds is 4. The van der Waals surface area contributed by atoms with Gasteiger partial charge in [-0.2, -0.15) is 0 Å². The van der Waals surface area contributed by atoms with Gasteiger partial charge in [0.2, 0.25) is 0 Å². The van der Waals surface area contributed by atoms with Gasteiger partial charge in [-0.05, 0) is 49.4 Å². The Balaban J connectivity index is 1.62. The molecule has 0 saturated heterocycles. The van der Waals surface area contributed by atoms with Crippen molar-refractivity contribution in [1.29, 1.82) is 0 Å². The second kappa shape index (κ2) is 5.92. The molecule has 23 heavy (non-hydrogen) atoms. The van der Waals surface area contributed by atoms with Crippen molar-refractivity contribution in [1.82, 2.24) is 4.98 Å². The number of aromatic amines is 1. The number of hydrogen-bond donors (Lipinski definition) is 2. The first-order valence-electron chi connectivity index (χ1n) is 7.43. The van der Waals surface area contributed by atoms with E-state index in [0.717, 1.165) is 28.5 Å². The second-order valence-electron chi connectivity index (χ2n) is 6.07. The average Bonchev–Trinajstić information content (AvgIpc) is 3.23. The number of thiophene rings is 1. The van der Waals surface area contributed by atoms with Gasteiger partial charge in [0.25, 0.3) is 0 Å². The summed E-state index contributed by atoms with van der Waals surface area (Å²) in [5.41, 5.74) is 3.36. The number of anilines is 1. The largest absolute Gasteiger partial charge is 0.351 e. The molecule has 1 aromatic carbocycles. The molecule has 0 amide bonds. The van der Waals surface area contributed by atoms with Crippen molar-refractivity contribution in [2.75, 3.05) is 11.3 Å². The number of H-pyrrole nitrogens is 1. The van der Waals surface area contributed by atoms with Crippen LogP contribution in [-0.2, 0) is 0 Å². The zero-order valence-electron chi connectivity index (χ0n) is 12.9. The van der Waals surface area contributed by atoms with Gasteiger partial charge in [0.05, 0.1) is 27.7 Å². The first kappa shape index (κ1) is 15.2. The highest BCUT2D eigenvalue weighted by Gasteiger charge is 2.28. The van der Waals surface area contributed by atoms with Crippen LogP contribution in [0.3, 0.4) is 0 Å². The van der Waals surface area contributed by atoms with Crippen LogP contribution < -0.4 is 4.72 Å². The third-order valence-corrected chi connectivity index (χ3v) is 6.70. The van der Waals surface area contributed by atoms with E-state index in [0.29, 0.717) is 0 Å². The molecule has 0 spiro atoms. The molecule has 0 bridgehead atoms. The molecule has 6 heteroatoms. The van der Waals surface area contributed by atoms with Gasteiger partial charge in [0.1, 0.15) is 5.04 Å². The summed E-state index contributed by atoms with van der Waals surface area (Å²) in [4.78, 5) is 8.24. The van der Waals surface area contributed by atoms with Crippen molar-refractivity contribution in [3.63, 3.8) is 0 Å². The Labute approximate surface area is 148 Å². The molecule has 0 saturated carbocycles. The highest BCUT2D eigenvalue weighted by molar-refractivity contribution is 8.15. The summed E-state index contributed by atoms with van der Waals surface area (Å²) in [6.07, 6.45) is 0. The molecule has 3 heterocycles. The molecular weight excluding hydrogens is 342 g/mol. The van der Waals surface area contributed by atoms with E-state index in [4.69, 9.17) is 4.99 Å². The lowest BCUT2D eigenvalue weighted by atomic mass is 10.2. The van der Waals surface area contributed by atoms with E-state index in [2.05, 4.69) is 65.3 Å². The maximum absolute atomic E-state index is 4.69. The van der Waals surface area contributed by atoms with Crippen molar-refractivity contribution in [3.8, 4) is 0 Å². The first-order valence-corrected chi connectivity index (χ1v) is 9.94. The molecule has 0 fully saturated rings. The number of fused-ring (bicyclic) bond motifs is 1. The Bertz CT molecular complexity index is 862. The quantitative estimate of drug-likeness (QED) is 0.594. The van der Waals surface area contributed by atoms with Gasteiger partial charge in [-0.1, -0.05) is 30.0 Å². The van der Waals surface area contributed by atoms with Crippen LogP contribution in [0.1, 0.15) is 19.5 Å². The van der Waals surface area contributed by atoms with E-state index in [1.54, 1.807) is 23.3 Å². The summed E-state index contributed by atoms with van der Waals surface area (Å²) in [5.74, 6) is 0. The van der Waals surface area contributed by atoms with Crippen LogP contribution in [0, 0.1) is 0 Å². The van der Waals surface area contributed by atoms with Gasteiger partial charge in [-0.25, -0.2) is 0 Å². The number of aliphatic imine (C=N–C) groups is 1. The molecule has 0 atom stereocenters. The fraction of sp³-hybridized carbons (Fsp3) is 0.235. The van der Waals surface area contributed by atoms with E-state index in [9.17, 15) is 0 Å². The minimum Gasteiger partial charge on any atom is -0.351 e. The number of hydrogen-bond acceptors (Lipinski definition) is 5. The molecule has 0 aliphatic carbocycles. The molecule has 2 N–H and O–H groups in total. The highest BCUT2D eigenvalue weighted by Crippen LogP contribution is 2.36. The maximum atomic E-state index is 4.69. The van der Waals surface area contributed by atoms with Crippen molar-refractivity contribution in [2.24, 2.45) is 4.99 Å². The summed E-state index contributed by atoms with van der Waals surface area (Å²) in [6.45, 7) is 5.35. The third-order valence-electron chi connectivity index (χ3n) is 3.62. The van der Waals surface area contributed by atoms with Crippen molar-refractivity contribution in [3.05, 3.63) is 47.5 Å². The standard InChI is InChI=1S/C17H17N3S3/c1-17(2)10-18-16(22-17)13-9-11-5-3-6-12(15(11)19-13)20-23-14-7-4-8-21-14/h3-9,19-20H,10H2,1-2H3.